The lowest BCUT2D eigenvalue weighted by Gasteiger charge is -2.16. The van der Waals surface area contributed by atoms with Crippen molar-refractivity contribution in [2.75, 3.05) is 6.61 Å². The molecular formula is C16H22O6. The fourth-order valence-corrected chi connectivity index (χ4v) is 1.92. The fraction of sp³-hybridized carbons (Fsp3) is 0.500. The average Bonchev–Trinajstić information content (AvgIpc) is 2.34. The smallest absolute Gasteiger partial charge is 0.432 e. The summed E-state index contributed by atoms with van der Waals surface area (Å²) in [5.74, 6) is -0.737. The molecule has 0 heterocycles. The van der Waals surface area contributed by atoms with Crippen LogP contribution in [0.25, 0.3) is 0 Å². The minimum Gasteiger partial charge on any atom is -0.432 e. The zero-order chi connectivity index (χ0) is 16.9. The van der Waals surface area contributed by atoms with Crippen molar-refractivity contribution in [2.24, 2.45) is 5.41 Å². The van der Waals surface area contributed by atoms with Crippen molar-refractivity contribution in [2.45, 2.75) is 41.5 Å². The number of rotatable bonds is 4. The molecule has 0 spiro atoms. The average molecular weight is 310 g/mol. The zero-order valence-corrected chi connectivity index (χ0v) is 13.8. The summed E-state index contributed by atoms with van der Waals surface area (Å²) in [7, 11) is 0. The molecule has 0 aromatic heterocycles. The number of carbonyl (C=O) groups excluding carboxylic acids is 2. The van der Waals surface area contributed by atoms with Gasteiger partial charge in [-0.15, -0.1) is 0 Å². The lowest BCUT2D eigenvalue weighted by Crippen LogP contribution is -2.20. The Hall–Kier alpha value is -2.08. The molecule has 0 fully saturated rings. The standard InChI is InChI=1S/C16H22O6/c1-10-7-11(2)13(12(3)8-10)14(17)20-22-21-15(18)19-9-16(4,5)6/h7-8H,9H2,1-6H3. The van der Waals surface area contributed by atoms with E-state index in [0.717, 1.165) is 16.7 Å². The molecule has 0 saturated carbocycles. The Bertz CT molecular complexity index is 533. The molecule has 1 aromatic carbocycles. The molecule has 0 bridgehead atoms. The van der Waals surface area contributed by atoms with Crippen molar-refractivity contribution in [1.82, 2.24) is 0 Å². The van der Waals surface area contributed by atoms with Gasteiger partial charge in [-0.1, -0.05) is 38.5 Å². The van der Waals surface area contributed by atoms with Crippen LogP contribution in [0.4, 0.5) is 4.79 Å². The molecule has 0 aliphatic carbocycles. The maximum atomic E-state index is 11.9. The maximum Gasteiger partial charge on any atom is 0.543 e. The third-order valence-corrected chi connectivity index (χ3v) is 2.72. The summed E-state index contributed by atoms with van der Waals surface area (Å²) in [6.45, 7) is 11.3. The van der Waals surface area contributed by atoms with Crippen molar-refractivity contribution < 1.29 is 29.1 Å². The highest BCUT2D eigenvalue weighted by molar-refractivity contribution is 5.92. The molecule has 6 heteroatoms. The Labute approximate surface area is 130 Å². The lowest BCUT2D eigenvalue weighted by molar-refractivity contribution is -0.452. The molecule has 22 heavy (non-hydrogen) atoms. The first kappa shape index (κ1) is 18.0. The lowest BCUT2D eigenvalue weighted by atomic mass is 9.99. The van der Waals surface area contributed by atoms with E-state index in [9.17, 15) is 9.59 Å². The van der Waals surface area contributed by atoms with Crippen LogP contribution in [0.3, 0.4) is 0 Å². The van der Waals surface area contributed by atoms with E-state index in [0.29, 0.717) is 5.56 Å². The second-order valence-electron chi connectivity index (χ2n) is 6.40. The van der Waals surface area contributed by atoms with E-state index in [1.165, 1.54) is 0 Å². The van der Waals surface area contributed by atoms with Gasteiger partial charge in [-0.2, -0.15) is 0 Å². The first-order valence-corrected chi connectivity index (χ1v) is 6.90. The molecule has 0 N–H and O–H groups in total. The van der Waals surface area contributed by atoms with E-state index in [-0.39, 0.29) is 12.0 Å². The summed E-state index contributed by atoms with van der Waals surface area (Å²) in [6.07, 6.45) is -1.07. The minimum atomic E-state index is -1.07. The normalized spacial score (nSPS) is 11.0. The molecule has 0 amide bonds. The van der Waals surface area contributed by atoms with Gasteiger partial charge in [-0.05, 0) is 37.3 Å². The van der Waals surface area contributed by atoms with Crippen LogP contribution in [0.15, 0.2) is 12.1 Å². The molecule has 0 aliphatic heterocycles. The molecule has 0 radical (unpaired) electrons. The number of ether oxygens (including phenoxy) is 1. The zero-order valence-electron chi connectivity index (χ0n) is 13.8. The first-order chi connectivity index (χ1) is 10.1. The van der Waals surface area contributed by atoms with Crippen LogP contribution < -0.4 is 0 Å². The Morgan fingerprint density at radius 1 is 1.00 bits per heavy atom. The number of benzene rings is 1. The molecule has 0 atom stereocenters. The molecule has 0 unspecified atom stereocenters. The van der Waals surface area contributed by atoms with Crippen molar-refractivity contribution in [3.05, 3.63) is 34.4 Å². The van der Waals surface area contributed by atoms with Crippen LogP contribution in [0.5, 0.6) is 0 Å². The Morgan fingerprint density at radius 2 is 1.55 bits per heavy atom. The maximum absolute atomic E-state index is 11.9. The van der Waals surface area contributed by atoms with E-state index in [4.69, 9.17) is 4.74 Å². The van der Waals surface area contributed by atoms with E-state index in [2.05, 4.69) is 14.8 Å². The Kier molecular flexibility index (Phi) is 5.93. The van der Waals surface area contributed by atoms with Crippen molar-refractivity contribution in [3.8, 4) is 0 Å². The Balaban J connectivity index is 2.49. The van der Waals surface area contributed by atoms with Crippen LogP contribution >= 0.6 is 0 Å². The number of hydrogen-bond donors (Lipinski definition) is 0. The third-order valence-electron chi connectivity index (χ3n) is 2.72. The van der Waals surface area contributed by atoms with Crippen LogP contribution in [0.1, 0.15) is 47.8 Å². The summed E-state index contributed by atoms with van der Waals surface area (Å²) in [5, 5.41) is 4.19. The third kappa shape index (κ3) is 5.73. The summed E-state index contributed by atoms with van der Waals surface area (Å²) in [4.78, 5) is 31.8. The van der Waals surface area contributed by atoms with Gasteiger partial charge in [0.25, 0.3) is 0 Å². The molecule has 0 saturated heterocycles. The van der Waals surface area contributed by atoms with Crippen molar-refractivity contribution >= 4 is 12.1 Å². The number of aryl methyl sites for hydroxylation is 3. The molecule has 6 nitrogen and oxygen atoms in total. The number of hydrogen-bond acceptors (Lipinski definition) is 6. The molecule has 1 aromatic rings. The van der Waals surface area contributed by atoms with E-state index >= 15 is 0 Å². The van der Waals surface area contributed by atoms with E-state index in [1.54, 1.807) is 13.8 Å². The monoisotopic (exact) mass is 310 g/mol. The Morgan fingerprint density at radius 3 is 2.05 bits per heavy atom. The topological polar surface area (TPSA) is 71.1 Å². The van der Waals surface area contributed by atoms with Gasteiger partial charge in [0.15, 0.2) is 0 Å². The quantitative estimate of drug-likeness (QED) is 0.478. The molecule has 1 rings (SSSR count). The van der Waals surface area contributed by atoms with Gasteiger partial charge in [0.1, 0.15) is 0 Å². The van der Waals surface area contributed by atoms with Gasteiger partial charge >= 0.3 is 12.1 Å². The molecular weight excluding hydrogens is 288 g/mol. The highest BCUT2D eigenvalue weighted by Crippen LogP contribution is 2.18. The molecule has 122 valence electrons. The van der Waals surface area contributed by atoms with Crippen molar-refractivity contribution in [3.63, 3.8) is 0 Å². The van der Waals surface area contributed by atoms with Gasteiger partial charge in [-0.3, -0.25) is 4.89 Å². The second-order valence-corrected chi connectivity index (χ2v) is 6.40. The minimum absolute atomic E-state index is 0.152. The first-order valence-electron chi connectivity index (χ1n) is 6.90. The van der Waals surface area contributed by atoms with Gasteiger partial charge < -0.3 is 4.74 Å². The molecule has 0 aliphatic rings. The van der Waals surface area contributed by atoms with Crippen molar-refractivity contribution in [1.29, 1.82) is 0 Å². The van der Waals surface area contributed by atoms with Crippen LogP contribution in [-0.4, -0.2) is 18.7 Å². The highest BCUT2D eigenvalue weighted by atomic mass is 17.5. The van der Waals surface area contributed by atoms with Gasteiger partial charge in [0, 0.05) is 0 Å². The fourth-order valence-electron chi connectivity index (χ4n) is 1.92. The van der Waals surface area contributed by atoms with Gasteiger partial charge in [-0.25, -0.2) is 14.5 Å². The predicted molar refractivity (Wildman–Crippen MR) is 79.0 cm³/mol. The van der Waals surface area contributed by atoms with Crippen LogP contribution in [-0.2, 0) is 19.6 Å². The van der Waals surface area contributed by atoms with E-state index < -0.39 is 12.1 Å². The summed E-state index contributed by atoms with van der Waals surface area (Å²) < 4.78 is 4.78. The summed E-state index contributed by atoms with van der Waals surface area (Å²) in [6, 6.07) is 3.70. The highest BCUT2D eigenvalue weighted by Gasteiger charge is 2.18. The summed E-state index contributed by atoms with van der Waals surface area (Å²) in [5.41, 5.74) is 2.71. The number of carbonyl (C=O) groups is 2. The second kappa shape index (κ2) is 7.26. The van der Waals surface area contributed by atoms with Gasteiger partial charge in [0.05, 0.1) is 17.2 Å². The van der Waals surface area contributed by atoms with Gasteiger partial charge in [0.2, 0.25) is 0 Å². The SMILES string of the molecule is Cc1cc(C)c(C(=O)OOOC(=O)OCC(C)(C)C)c(C)c1. The van der Waals surface area contributed by atoms with Crippen LogP contribution in [0.2, 0.25) is 0 Å². The largest absolute Gasteiger partial charge is 0.543 e. The predicted octanol–water partition coefficient (Wildman–Crippen LogP) is 3.81. The van der Waals surface area contributed by atoms with E-state index in [1.807, 2.05) is 39.8 Å². The van der Waals surface area contributed by atoms with Crippen LogP contribution in [0, 0.1) is 26.2 Å². The summed E-state index contributed by atoms with van der Waals surface area (Å²) >= 11 is 0.